The van der Waals surface area contributed by atoms with Crippen LogP contribution in [0.4, 0.5) is 0 Å². The Labute approximate surface area is 135 Å². The van der Waals surface area contributed by atoms with Crippen molar-refractivity contribution in [2.24, 2.45) is 5.73 Å². The van der Waals surface area contributed by atoms with Gasteiger partial charge in [-0.1, -0.05) is 18.2 Å². The van der Waals surface area contributed by atoms with Gasteiger partial charge in [-0.05, 0) is 31.4 Å². The molecular weight excluding hydrogens is 320 g/mol. The normalized spacial score (nSPS) is 19.2. The third kappa shape index (κ3) is 4.77. The van der Waals surface area contributed by atoms with Crippen LogP contribution in [0.2, 0.25) is 0 Å². The average Bonchev–Trinajstić information content (AvgIpc) is 3.06. The van der Waals surface area contributed by atoms with Gasteiger partial charge in [0, 0.05) is 6.61 Å². The van der Waals surface area contributed by atoms with Gasteiger partial charge in [0.25, 0.3) is 0 Å². The van der Waals surface area contributed by atoms with E-state index < -0.39 is 33.8 Å². The van der Waals surface area contributed by atoms with Crippen LogP contribution in [0.25, 0.3) is 0 Å². The molecule has 1 fully saturated rings. The summed E-state index contributed by atoms with van der Waals surface area (Å²) >= 11 is 0. The van der Waals surface area contributed by atoms with E-state index in [4.69, 9.17) is 10.5 Å². The van der Waals surface area contributed by atoms with Crippen LogP contribution >= 0.6 is 0 Å². The van der Waals surface area contributed by atoms with Crippen LogP contribution in [0.15, 0.2) is 35.2 Å². The van der Waals surface area contributed by atoms with Crippen molar-refractivity contribution < 1.29 is 22.7 Å². The van der Waals surface area contributed by atoms with Crippen LogP contribution in [0, 0.1) is 0 Å². The van der Waals surface area contributed by atoms with Crippen molar-refractivity contribution in [2.45, 2.75) is 36.3 Å². The van der Waals surface area contributed by atoms with E-state index >= 15 is 0 Å². The predicted octanol–water partition coefficient (Wildman–Crippen LogP) is -0.000500. The molecule has 0 unspecified atom stereocenters. The van der Waals surface area contributed by atoms with Gasteiger partial charge in [-0.3, -0.25) is 9.59 Å². The number of nitrogens with two attached hydrogens (primary N) is 1. The van der Waals surface area contributed by atoms with Crippen molar-refractivity contribution in [3.8, 4) is 0 Å². The average molecular weight is 340 g/mol. The zero-order valence-corrected chi connectivity index (χ0v) is 13.4. The van der Waals surface area contributed by atoms with Crippen molar-refractivity contribution in [2.75, 3.05) is 12.4 Å². The van der Waals surface area contributed by atoms with Crippen molar-refractivity contribution in [3.05, 3.63) is 30.3 Å². The van der Waals surface area contributed by atoms with Crippen molar-refractivity contribution in [1.29, 1.82) is 0 Å². The molecule has 2 atom stereocenters. The molecule has 0 saturated carbocycles. The minimum Gasteiger partial charge on any atom is -0.368 e. The number of primary amides is 1. The molecule has 3 N–H and O–H groups in total. The Balaban J connectivity index is 1.97. The number of benzene rings is 1. The number of hydrogen-bond donors (Lipinski definition) is 2. The number of sulfone groups is 1. The highest BCUT2D eigenvalue weighted by Gasteiger charge is 2.28. The van der Waals surface area contributed by atoms with Crippen molar-refractivity contribution in [3.63, 3.8) is 0 Å². The molecule has 1 saturated heterocycles. The maximum atomic E-state index is 12.2. The lowest BCUT2D eigenvalue weighted by Crippen LogP contribution is -2.48. The number of carbonyl (C=O) groups excluding carboxylic acids is 2. The second-order valence-electron chi connectivity index (χ2n) is 5.39. The quantitative estimate of drug-likeness (QED) is 0.725. The van der Waals surface area contributed by atoms with Crippen molar-refractivity contribution >= 4 is 21.7 Å². The second-order valence-corrected chi connectivity index (χ2v) is 7.49. The Morgan fingerprint density at radius 1 is 1.30 bits per heavy atom. The fourth-order valence-electron chi connectivity index (χ4n) is 2.35. The van der Waals surface area contributed by atoms with Gasteiger partial charge in [0.05, 0.1) is 10.6 Å². The number of nitrogens with one attached hydrogen (secondary N) is 1. The van der Waals surface area contributed by atoms with Gasteiger partial charge in [0.2, 0.25) is 11.8 Å². The van der Waals surface area contributed by atoms with Gasteiger partial charge < -0.3 is 15.8 Å². The molecule has 126 valence electrons. The van der Waals surface area contributed by atoms with Crippen LogP contribution in [-0.2, 0) is 24.2 Å². The van der Waals surface area contributed by atoms with E-state index in [0.717, 1.165) is 6.42 Å². The van der Waals surface area contributed by atoms with Crippen LogP contribution in [0.1, 0.15) is 19.3 Å². The lowest BCUT2D eigenvalue weighted by atomic mass is 10.2. The number of ether oxygens (including phenoxy) is 1. The van der Waals surface area contributed by atoms with E-state index in [1.165, 1.54) is 12.1 Å². The van der Waals surface area contributed by atoms with E-state index in [1.807, 2.05) is 0 Å². The molecule has 2 rings (SSSR count). The predicted molar refractivity (Wildman–Crippen MR) is 83.2 cm³/mol. The molecule has 0 aromatic heterocycles. The Bertz CT molecular complexity index is 654. The Hall–Kier alpha value is -1.93. The summed E-state index contributed by atoms with van der Waals surface area (Å²) in [4.78, 5) is 23.6. The first-order valence-corrected chi connectivity index (χ1v) is 9.04. The van der Waals surface area contributed by atoms with Gasteiger partial charge in [-0.2, -0.15) is 0 Å². The van der Waals surface area contributed by atoms with Gasteiger partial charge >= 0.3 is 0 Å². The van der Waals surface area contributed by atoms with E-state index in [1.54, 1.807) is 18.2 Å². The Morgan fingerprint density at radius 3 is 2.57 bits per heavy atom. The van der Waals surface area contributed by atoms with E-state index in [0.29, 0.717) is 13.0 Å². The summed E-state index contributed by atoms with van der Waals surface area (Å²) in [6.07, 6.45) is 0.689. The minimum atomic E-state index is -3.53. The van der Waals surface area contributed by atoms with Crippen molar-refractivity contribution in [1.82, 2.24) is 5.32 Å². The molecule has 2 amide bonds. The Kier molecular flexibility index (Phi) is 5.73. The first-order valence-electron chi connectivity index (χ1n) is 7.39. The standard InChI is InChI=1S/C15H20N2O5S/c16-14(18)12(17-15(19)13-7-4-9-22-13)8-10-23(20,21)11-5-2-1-3-6-11/h1-3,5-6,12-13H,4,7-10H2,(H2,16,18)(H,17,19)/t12-,13-/m1/s1. The number of carbonyl (C=O) groups is 2. The first kappa shape index (κ1) is 17.4. The SMILES string of the molecule is NC(=O)[C@@H](CCS(=O)(=O)c1ccccc1)NC(=O)[C@H]1CCCO1. The summed E-state index contributed by atoms with van der Waals surface area (Å²) in [5.41, 5.74) is 5.26. The lowest BCUT2D eigenvalue weighted by Gasteiger charge is -2.18. The summed E-state index contributed by atoms with van der Waals surface area (Å²) in [7, 11) is -3.53. The zero-order valence-electron chi connectivity index (χ0n) is 12.6. The highest BCUT2D eigenvalue weighted by Crippen LogP contribution is 2.14. The molecule has 1 aromatic carbocycles. The summed E-state index contributed by atoms with van der Waals surface area (Å²) in [5, 5.41) is 2.48. The van der Waals surface area contributed by atoms with Gasteiger partial charge in [-0.15, -0.1) is 0 Å². The molecule has 0 aliphatic carbocycles. The molecule has 7 nitrogen and oxygen atoms in total. The van der Waals surface area contributed by atoms with Gasteiger partial charge in [-0.25, -0.2) is 8.42 Å². The van der Waals surface area contributed by atoms with Gasteiger partial charge in [0.15, 0.2) is 9.84 Å². The fourth-order valence-corrected chi connectivity index (χ4v) is 3.71. The molecule has 1 heterocycles. The molecule has 1 aliphatic heterocycles. The zero-order chi connectivity index (χ0) is 16.9. The summed E-state index contributed by atoms with van der Waals surface area (Å²) in [5.74, 6) is -1.47. The minimum absolute atomic E-state index is 0.0784. The maximum Gasteiger partial charge on any atom is 0.249 e. The molecule has 23 heavy (non-hydrogen) atoms. The third-order valence-electron chi connectivity index (χ3n) is 3.66. The second kappa shape index (κ2) is 7.56. The number of amides is 2. The topological polar surface area (TPSA) is 116 Å². The highest BCUT2D eigenvalue weighted by atomic mass is 32.2. The van der Waals surface area contributed by atoms with Crippen LogP contribution in [0.5, 0.6) is 0 Å². The van der Waals surface area contributed by atoms with Crippen LogP contribution in [-0.4, -0.2) is 44.7 Å². The van der Waals surface area contributed by atoms with E-state index in [-0.39, 0.29) is 17.1 Å². The molecule has 1 aliphatic rings. The monoisotopic (exact) mass is 340 g/mol. The maximum absolute atomic E-state index is 12.2. The summed E-state index contributed by atoms with van der Waals surface area (Å²) in [6, 6.07) is 6.90. The molecule has 8 heteroatoms. The lowest BCUT2D eigenvalue weighted by molar-refractivity contribution is -0.133. The fraction of sp³-hybridized carbons (Fsp3) is 0.467. The first-order chi connectivity index (χ1) is 10.9. The summed E-state index contributed by atoms with van der Waals surface area (Å²) in [6.45, 7) is 0.502. The smallest absolute Gasteiger partial charge is 0.249 e. The van der Waals surface area contributed by atoms with Gasteiger partial charge in [0.1, 0.15) is 12.1 Å². The van der Waals surface area contributed by atoms with Crippen LogP contribution in [0.3, 0.4) is 0 Å². The number of rotatable bonds is 7. The van der Waals surface area contributed by atoms with E-state index in [2.05, 4.69) is 5.32 Å². The molecule has 1 aromatic rings. The summed E-state index contributed by atoms with van der Waals surface area (Å²) < 4.78 is 29.7. The number of hydrogen-bond acceptors (Lipinski definition) is 5. The molecule has 0 radical (unpaired) electrons. The Morgan fingerprint density at radius 2 is 2.00 bits per heavy atom. The van der Waals surface area contributed by atoms with Crippen LogP contribution < -0.4 is 11.1 Å². The third-order valence-corrected chi connectivity index (χ3v) is 5.42. The van der Waals surface area contributed by atoms with E-state index in [9.17, 15) is 18.0 Å². The largest absolute Gasteiger partial charge is 0.368 e. The molecule has 0 spiro atoms. The molecular formula is C15H20N2O5S. The molecule has 0 bridgehead atoms. The highest BCUT2D eigenvalue weighted by molar-refractivity contribution is 7.91.